The molecule has 2 aliphatic rings. The lowest BCUT2D eigenvalue weighted by Crippen LogP contribution is -2.55. The number of piperidine rings is 1. The maximum Gasteiger partial charge on any atom is 0.420 e. The number of hydrogen-bond acceptors (Lipinski definition) is 2. The average molecular weight is 317 g/mol. The molecule has 0 amide bonds. The van der Waals surface area contributed by atoms with Crippen LogP contribution in [-0.4, -0.2) is 37.0 Å². The lowest BCUT2D eigenvalue weighted by Gasteiger charge is -2.41. The molecule has 0 aromatic rings. The number of rotatable bonds is 3. The zero-order valence-corrected chi connectivity index (χ0v) is 12.1. The van der Waals surface area contributed by atoms with E-state index in [1.165, 1.54) is 0 Å². The minimum absolute atomic E-state index is 0.0218. The van der Waals surface area contributed by atoms with Gasteiger partial charge in [-0.15, -0.1) is 0 Å². The number of nitrogens with zero attached hydrogens (tertiary/aromatic N) is 1. The third-order valence-corrected chi connectivity index (χ3v) is 6.45. The largest absolute Gasteiger partial charge is 0.420 e. The van der Waals surface area contributed by atoms with E-state index in [4.69, 9.17) is 0 Å². The van der Waals surface area contributed by atoms with Crippen molar-refractivity contribution in [2.75, 3.05) is 13.1 Å². The highest BCUT2D eigenvalue weighted by molar-refractivity contribution is 7.90. The molecular weight excluding hydrogens is 298 g/mol. The SMILES string of the molecule is CC(F)(F)C(F)(F)S(=O)(=O)N1CCC2CCCCC2C1. The van der Waals surface area contributed by atoms with Gasteiger partial charge in [0, 0.05) is 20.0 Å². The van der Waals surface area contributed by atoms with E-state index in [0.29, 0.717) is 16.6 Å². The second-order valence-corrected chi connectivity index (χ2v) is 7.84. The smallest absolute Gasteiger partial charge is 0.206 e. The summed E-state index contributed by atoms with van der Waals surface area (Å²) in [5, 5.41) is -5.05. The van der Waals surface area contributed by atoms with Crippen LogP contribution in [0, 0.1) is 11.8 Å². The molecule has 8 heteroatoms. The molecule has 118 valence electrons. The van der Waals surface area contributed by atoms with Crippen LogP contribution in [0.15, 0.2) is 0 Å². The van der Waals surface area contributed by atoms with Crippen LogP contribution in [0.1, 0.15) is 39.0 Å². The second-order valence-electron chi connectivity index (χ2n) is 5.86. The fourth-order valence-electron chi connectivity index (χ4n) is 3.17. The van der Waals surface area contributed by atoms with Gasteiger partial charge >= 0.3 is 11.2 Å². The summed E-state index contributed by atoms with van der Waals surface area (Å²) in [5.41, 5.74) is 0. The monoisotopic (exact) mass is 317 g/mol. The quantitative estimate of drug-likeness (QED) is 0.750. The van der Waals surface area contributed by atoms with Crippen molar-refractivity contribution in [1.82, 2.24) is 4.31 Å². The van der Waals surface area contributed by atoms with E-state index in [9.17, 15) is 26.0 Å². The highest BCUT2D eigenvalue weighted by Crippen LogP contribution is 2.43. The molecule has 1 aliphatic carbocycles. The van der Waals surface area contributed by atoms with E-state index in [2.05, 4.69) is 0 Å². The van der Waals surface area contributed by atoms with E-state index in [0.717, 1.165) is 25.7 Å². The van der Waals surface area contributed by atoms with Crippen LogP contribution in [0.5, 0.6) is 0 Å². The van der Waals surface area contributed by atoms with Crippen molar-refractivity contribution in [2.45, 2.75) is 50.2 Å². The summed E-state index contributed by atoms with van der Waals surface area (Å²) in [6, 6.07) is 0. The Hall–Kier alpha value is -0.370. The fraction of sp³-hybridized carbons (Fsp3) is 1.00. The van der Waals surface area contributed by atoms with Gasteiger partial charge in [-0.1, -0.05) is 19.3 Å². The normalized spacial score (nSPS) is 30.1. The molecule has 2 rings (SSSR count). The fourth-order valence-corrected chi connectivity index (χ4v) is 4.69. The Labute approximate surface area is 116 Å². The van der Waals surface area contributed by atoms with Crippen molar-refractivity contribution >= 4 is 10.0 Å². The van der Waals surface area contributed by atoms with Crippen LogP contribution in [0.2, 0.25) is 0 Å². The van der Waals surface area contributed by atoms with Crippen molar-refractivity contribution in [2.24, 2.45) is 11.8 Å². The summed E-state index contributed by atoms with van der Waals surface area (Å²) in [7, 11) is -5.32. The van der Waals surface area contributed by atoms with Gasteiger partial charge in [0.2, 0.25) is 0 Å². The first-order chi connectivity index (χ1) is 9.07. The summed E-state index contributed by atoms with van der Waals surface area (Å²) >= 11 is 0. The molecule has 0 radical (unpaired) electrons. The molecule has 2 atom stereocenters. The molecule has 0 N–H and O–H groups in total. The minimum atomic E-state index is -5.32. The lowest BCUT2D eigenvalue weighted by molar-refractivity contribution is -0.146. The van der Waals surface area contributed by atoms with Gasteiger partial charge in [0.05, 0.1) is 0 Å². The van der Waals surface area contributed by atoms with Gasteiger partial charge in [-0.25, -0.2) is 8.42 Å². The molecule has 20 heavy (non-hydrogen) atoms. The Morgan fingerprint density at radius 2 is 1.55 bits per heavy atom. The number of alkyl halides is 4. The zero-order chi connectivity index (χ0) is 15.2. The maximum atomic E-state index is 13.5. The van der Waals surface area contributed by atoms with E-state index < -0.39 is 21.2 Å². The molecule has 2 unspecified atom stereocenters. The topological polar surface area (TPSA) is 37.4 Å². The number of hydrogen-bond donors (Lipinski definition) is 0. The Bertz CT molecular complexity index is 461. The first kappa shape index (κ1) is 16.0. The van der Waals surface area contributed by atoms with Crippen LogP contribution in [0.4, 0.5) is 17.6 Å². The van der Waals surface area contributed by atoms with Gasteiger partial charge in [0.1, 0.15) is 0 Å². The van der Waals surface area contributed by atoms with Gasteiger partial charge in [-0.3, -0.25) is 0 Å². The number of halogens is 4. The van der Waals surface area contributed by atoms with Crippen molar-refractivity contribution < 1.29 is 26.0 Å². The molecular formula is C12H19F4NO2S. The summed E-state index contributed by atoms with van der Waals surface area (Å²) < 4.78 is 77.1. The average Bonchev–Trinajstić information content (AvgIpc) is 2.36. The summed E-state index contributed by atoms with van der Waals surface area (Å²) in [6.07, 6.45) is 4.24. The van der Waals surface area contributed by atoms with Crippen LogP contribution in [-0.2, 0) is 10.0 Å². The molecule has 0 spiro atoms. The van der Waals surface area contributed by atoms with Crippen molar-refractivity contribution in [3.63, 3.8) is 0 Å². The highest BCUT2D eigenvalue weighted by Gasteiger charge is 2.64. The lowest BCUT2D eigenvalue weighted by atomic mass is 9.76. The Morgan fingerprint density at radius 1 is 1.00 bits per heavy atom. The first-order valence-corrected chi connectivity index (χ1v) is 8.26. The molecule has 1 aliphatic heterocycles. The molecule has 1 saturated carbocycles. The standard InChI is InChI=1S/C12H19F4NO2S/c1-11(13,14)12(15,16)20(18,19)17-7-6-9-4-2-3-5-10(9)8-17/h9-10H,2-8H2,1H3. The van der Waals surface area contributed by atoms with E-state index in [1.54, 1.807) is 0 Å². The van der Waals surface area contributed by atoms with E-state index >= 15 is 0 Å². The van der Waals surface area contributed by atoms with Crippen molar-refractivity contribution in [3.05, 3.63) is 0 Å². The molecule has 3 nitrogen and oxygen atoms in total. The summed E-state index contributed by atoms with van der Waals surface area (Å²) in [6.45, 7) is -0.203. The first-order valence-electron chi connectivity index (χ1n) is 6.82. The molecule has 1 saturated heterocycles. The molecule has 0 aromatic heterocycles. The van der Waals surface area contributed by atoms with Gasteiger partial charge < -0.3 is 0 Å². The summed E-state index contributed by atoms with van der Waals surface area (Å²) in [4.78, 5) is 0. The molecule has 2 fully saturated rings. The Balaban J connectivity index is 2.19. The van der Waals surface area contributed by atoms with Gasteiger partial charge in [0.15, 0.2) is 0 Å². The van der Waals surface area contributed by atoms with E-state index in [1.807, 2.05) is 0 Å². The predicted molar refractivity (Wildman–Crippen MR) is 66.1 cm³/mol. The molecule has 0 bridgehead atoms. The molecule has 1 heterocycles. The van der Waals surface area contributed by atoms with Crippen LogP contribution in [0.25, 0.3) is 0 Å². The number of fused-ring (bicyclic) bond motifs is 1. The third kappa shape index (κ3) is 2.56. The van der Waals surface area contributed by atoms with Crippen LogP contribution < -0.4 is 0 Å². The highest BCUT2D eigenvalue weighted by atomic mass is 32.2. The van der Waals surface area contributed by atoms with Crippen LogP contribution in [0.3, 0.4) is 0 Å². The Morgan fingerprint density at radius 3 is 2.10 bits per heavy atom. The minimum Gasteiger partial charge on any atom is -0.206 e. The van der Waals surface area contributed by atoms with Gasteiger partial charge in [0.25, 0.3) is 10.0 Å². The van der Waals surface area contributed by atoms with Crippen molar-refractivity contribution in [1.29, 1.82) is 0 Å². The van der Waals surface area contributed by atoms with Crippen LogP contribution >= 0.6 is 0 Å². The Kier molecular flexibility index (Phi) is 4.10. The molecule has 0 aromatic carbocycles. The second kappa shape index (κ2) is 5.12. The van der Waals surface area contributed by atoms with Gasteiger partial charge in [-0.2, -0.15) is 21.9 Å². The van der Waals surface area contributed by atoms with E-state index in [-0.39, 0.29) is 25.9 Å². The summed E-state index contributed by atoms with van der Waals surface area (Å²) in [5.74, 6) is -4.23. The predicted octanol–water partition coefficient (Wildman–Crippen LogP) is 3.08. The maximum absolute atomic E-state index is 13.5. The zero-order valence-electron chi connectivity index (χ0n) is 11.3. The third-order valence-electron chi connectivity index (χ3n) is 4.43. The number of sulfonamides is 1. The van der Waals surface area contributed by atoms with Gasteiger partial charge in [-0.05, 0) is 24.7 Å². The van der Waals surface area contributed by atoms with Crippen molar-refractivity contribution in [3.8, 4) is 0 Å².